The number of carbonyl (C=O) groups is 1. The van der Waals surface area contributed by atoms with Gasteiger partial charge in [-0.3, -0.25) is 0 Å². The number of carbonyl (C=O) groups excluding carboxylic acids is 1. The fraction of sp³-hybridized carbons (Fsp3) is 0.400. The van der Waals surface area contributed by atoms with Crippen molar-refractivity contribution in [2.75, 3.05) is 19.0 Å². The number of nitrogens with zero attached hydrogens (tertiary/aromatic N) is 1. The summed E-state index contributed by atoms with van der Waals surface area (Å²) in [5.74, 6) is 0.523. The molecule has 0 bridgehead atoms. The van der Waals surface area contributed by atoms with Gasteiger partial charge >= 0.3 is 6.03 Å². The molecule has 1 heterocycles. The van der Waals surface area contributed by atoms with E-state index in [0.717, 1.165) is 6.42 Å². The highest BCUT2D eigenvalue weighted by atomic mass is 16.5. The third kappa shape index (κ3) is 3.84. The molecule has 0 saturated carbocycles. The number of rotatable bonds is 4. The van der Waals surface area contributed by atoms with Gasteiger partial charge in [0, 0.05) is 12.6 Å². The average molecular weight is 209 g/mol. The quantitative estimate of drug-likeness (QED) is 0.792. The standard InChI is InChI=1S/C10H15N3O2/c1-3-6-11-10(14)13-8-4-5-9(15-2)12-7-8/h4-5,7H,3,6H2,1-2H3,(H2,11,13,14). The van der Waals surface area contributed by atoms with E-state index in [0.29, 0.717) is 18.1 Å². The van der Waals surface area contributed by atoms with Crippen LogP contribution in [0.4, 0.5) is 10.5 Å². The number of ether oxygens (including phenoxy) is 1. The van der Waals surface area contributed by atoms with Crippen molar-refractivity contribution in [1.82, 2.24) is 10.3 Å². The highest BCUT2D eigenvalue weighted by Gasteiger charge is 2.00. The van der Waals surface area contributed by atoms with Crippen molar-refractivity contribution >= 4 is 11.7 Å². The molecular formula is C10H15N3O2. The van der Waals surface area contributed by atoms with Gasteiger partial charge in [0.25, 0.3) is 0 Å². The Morgan fingerprint density at radius 3 is 2.87 bits per heavy atom. The van der Waals surface area contributed by atoms with Gasteiger partial charge in [-0.05, 0) is 12.5 Å². The summed E-state index contributed by atoms with van der Waals surface area (Å²) in [7, 11) is 1.55. The molecule has 5 heteroatoms. The van der Waals surface area contributed by atoms with Crippen molar-refractivity contribution in [2.45, 2.75) is 13.3 Å². The van der Waals surface area contributed by atoms with E-state index in [-0.39, 0.29) is 6.03 Å². The van der Waals surface area contributed by atoms with E-state index in [4.69, 9.17) is 4.74 Å². The van der Waals surface area contributed by atoms with Crippen LogP contribution >= 0.6 is 0 Å². The molecule has 2 amide bonds. The summed E-state index contributed by atoms with van der Waals surface area (Å²) in [6, 6.07) is 3.20. The second-order valence-corrected chi connectivity index (χ2v) is 2.97. The van der Waals surface area contributed by atoms with Crippen LogP contribution in [0.15, 0.2) is 18.3 Å². The van der Waals surface area contributed by atoms with Crippen LogP contribution in [0.2, 0.25) is 0 Å². The zero-order valence-electron chi connectivity index (χ0n) is 8.91. The number of amides is 2. The molecule has 0 radical (unpaired) electrons. The van der Waals surface area contributed by atoms with Gasteiger partial charge in [0.05, 0.1) is 19.0 Å². The predicted molar refractivity (Wildman–Crippen MR) is 58.1 cm³/mol. The summed E-state index contributed by atoms with van der Waals surface area (Å²) >= 11 is 0. The van der Waals surface area contributed by atoms with Crippen LogP contribution < -0.4 is 15.4 Å². The Balaban J connectivity index is 2.46. The van der Waals surface area contributed by atoms with Crippen molar-refractivity contribution in [3.63, 3.8) is 0 Å². The number of anilines is 1. The van der Waals surface area contributed by atoms with Crippen LogP contribution in [0.1, 0.15) is 13.3 Å². The third-order valence-corrected chi connectivity index (χ3v) is 1.74. The van der Waals surface area contributed by atoms with Crippen LogP contribution in [0.3, 0.4) is 0 Å². The summed E-state index contributed by atoms with van der Waals surface area (Å²) < 4.78 is 4.90. The molecular weight excluding hydrogens is 194 g/mol. The predicted octanol–water partition coefficient (Wildman–Crippen LogP) is 1.62. The fourth-order valence-corrected chi connectivity index (χ4v) is 0.989. The minimum absolute atomic E-state index is 0.219. The van der Waals surface area contributed by atoms with E-state index < -0.39 is 0 Å². The number of aromatic nitrogens is 1. The van der Waals surface area contributed by atoms with Crippen LogP contribution in [0.5, 0.6) is 5.88 Å². The number of hydrogen-bond donors (Lipinski definition) is 2. The van der Waals surface area contributed by atoms with E-state index in [1.54, 1.807) is 25.4 Å². The Kier molecular flexibility index (Phi) is 4.40. The summed E-state index contributed by atoms with van der Waals surface area (Å²) in [6.45, 7) is 2.66. The monoisotopic (exact) mass is 209 g/mol. The van der Waals surface area contributed by atoms with Crippen LogP contribution in [0, 0.1) is 0 Å². The Morgan fingerprint density at radius 2 is 2.33 bits per heavy atom. The summed E-state index contributed by atoms with van der Waals surface area (Å²) in [5.41, 5.74) is 0.643. The van der Waals surface area contributed by atoms with Gasteiger partial charge in [-0.25, -0.2) is 9.78 Å². The van der Waals surface area contributed by atoms with Gasteiger partial charge in [0.2, 0.25) is 5.88 Å². The molecule has 82 valence electrons. The molecule has 0 fully saturated rings. The fourth-order valence-electron chi connectivity index (χ4n) is 0.989. The zero-order valence-corrected chi connectivity index (χ0v) is 8.91. The molecule has 5 nitrogen and oxygen atoms in total. The first-order chi connectivity index (χ1) is 7.26. The van der Waals surface area contributed by atoms with Crippen LogP contribution in [0.25, 0.3) is 0 Å². The molecule has 1 rings (SSSR count). The Hall–Kier alpha value is -1.78. The third-order valence-electron chi connectivity index (χ3n) is 1.74. The molecule has 0 aromatic carbocycles. The lowest BCUT2D eigenvalue weighted by atomic mass is 10.4. The maximum atomic E-state index is 11.2. The lowest BCUT2D eigenvalue weighted by Gasteiger charge is -2.06. The highest BCUT2D eigenvalue weighted by Crippen LogP contribution is 2.10. The molecule has 1 aromatic heterocycles. The molecule has 0 spiro atoms. The van der Waals surface area contributed by atoms with Crippen molar-refractivity contribution in [3.05, 3.63) is 18.3 Å². The van der Waals surface area contributed by atoms with E-state index in [1.165, 1.54) is 0 Å². The molecule has 0 aliphatic rings. The molecule has 0 saturated heterocycles. The molecule has 0 unspecified atom stereocenters. The maximum absolute atomic E-state index is 11.2. The lowest BCUT2D eigenvalue weighted by Crippen LogP contribution is -2.29. The molecule has 0 aliphatic heterocycles. The average Bonchev–Trinajstić information content (AvgIpc) is 2.27. The van der Waals surface area contributed by atoms with E-state index in [9.17, 15) is 4.79 Å². The number of nitrogens with one attached hydrogen (secondary N) is 2. The number of pyridine rings is 1. The van der Waals surface area contributed by atoms with Gasteiger partial charge in [0.15, 0.2) is 0 Å². The zero-order chi connectivity index (χ0) is 11.1. The number of hydrogen-bond acceptors (Lipinski definition) is 3. The van der Waals surface area contributed by atoms with Gasteiger partial charge in [-0.2, -0.15) is 0 Å². The second kappa shape index (κ2) is 5.85. The Labute approximate surface area is 88.9 Å². The summed E-state index contributed by atoms with van der Waals surface area (Å²) in [6.07, 6.45) is 2.46. The van der Waals surface area contributed by atoms with E-state index >= 15 is 0 Å². The van der Waals surface area contributed by atoms with E-state index in [2.05, 4.69) is 15.6 Å². The Morgan fingerprint density at radius 1 is 1.53 bits per heavy atom. The summed E-state index contributed by atoms with van der Waals surface area (Å²) in [4.78, 5) is 15.2. The first-order valence-corrected chi connectivity index (χ1v) is 4.81. The van der Waals surface area contributed by atoms with Crippen molar-refractivity contribution < 1.29 is 9.53 Å². The molecule has 0 atom stereocenters. The van der Waals surface area contributed by atoms with E-state index in [1.807, 2.05) is 6.92 Å². The minimum atomic E-state index is -0.219. The molecule has 15 heavy (non-hydrogen) atoms. The number of methoxy groups -OCH3 is 1. The largest absolute Gasteiger partial charge is 0.481 e. The van der Waals surface area contributed by atoms with Crippen LogP contribution in [-0.2, 0) is 0 Å². The first-order valence-electron chi connectivity index (χ1n) is 4.81. The van der Waals surface area contributed by atoms with Crippen molar-refractivity contribution in [1.29, 1.82) is 0 Å². The van der Waals surface area contributed by atoms with Gasteiger partial charge < -0.3 is 15.4 Å². The molecule has 1 aromatic rings. The van der Waals surface area contributed by atoms with Crippen molar-refractivity contribution in [3.8, 4) is 5.88 Å². The normalized spacial score (nSPS) is 9.47. The van der Waals surface area contributed by atoms with Crippen LogP contribution in [-0.4, -0.2) is 24.7 Å². The smallest absolute Gasteiger partial charge is 0.319 e. The maximum Gasteiger partial charge on any atom is 0.319 e. The Bertz CT molecular complexity index is 311. The topological polar surface area (TPSA) is 63.2 Å². The number of urea groups is 1. The lowest BCUT2D eigenvalue weighted by molar-refractivity contribution is 0.252. The highest BCUT2D eigenvalue weighted by molar-refractivity contribution is 5.88. The summed E-state index contributed by atoms with van der Waals surface area (Å²) in [5, 5.41) is 5.36. The first kappa shape index (κ1) is 11.3. The van der Waals surface area contributed by atoms with Gasteiger partial charge in [0.1, 0.15) is 0 Å². The SMILES string of the molecule is CCCNC(=O)Nc1ccc(OC)nc1. The van der Waals surface area contributed by atoms with Crippen molar-refractivity contribution in [2.24, 2.45) is 0 Å². The molecule has 2 N–H and O–H groups in total. The minimum Gasteiger partial charge on any atom is -0.481 e. The second-order valence-electron chi connectivity index (χ2n) is 2.97. The molecule has 0 aliphatic carbocycles. The van der Waals surface area contributed by atoms with Gasteiger partial charge in [-0.15, -0.1) is 0 Å². The van der Waals surface area contributed by atoms with Gasteiger partial charge in [-0.1, -0.05) is 6.92 Å².